The van der Waals surface area contributed by atoms with Crippen LogP contribution >= 0.6 is 0 Å². The normalized spacial score (nSPS) is 19.1. The number of nitrogens with zero attached hydrogens (tertiary/aromatic N) is 3. The second-order valence-electron chi connectivity index (χ2n) is 7.96. The fourth-order valence-electron chi connectivity index (χ4n) is 4.10. The van der Waals surface area contributed by atoms with E-state index >= 15 is 0 Å². The van der Waals surface area contributed by atoms with Gasteiger partial charge in [0.1, 0.15) is 0 Å². The van der Waals surface area contributed by atoms with Crippen LogP contribution in [0.1, 0.15) is 28.7 Å². The number of carbonyl (C=O) groups excluding carboxylic acids is 2. The summed E-state index contributed by atoms with van der Waals surface area (Å²) in [6, 6.07) is 7.64. The average molecular weight is 379 g/mol. The van der Waals surface area contributed by atoms with E-state index in [1.165, 1.54) is 5.56 Å². The van der Waals surface area contributed by atoms with Crippen molar-refractivity contribution in [3.05, 3.63) is 63.1 Å². The maximum absolute atomic E-state index is 13.1. The molecule has 3 heterocycles. The van der Waals surface area contributed by atoms with Crippen molar-refractivity contribution in [2.24, 2.45) is 13.0 Å². The summed E-state index contributed by atoms with van der Waals surface area (Å²) in [5, 5.41) is 0. The standard InChI is InChI=1S/C22H25N3O3/c1-14-4-5-19(8-15(14)2)25-13-17(10-21(25)27)22(28)24-7-6-16-9-20(26)23(3)11-18(16)12-24/h4-5,8-9,11,17H,6-7,10,12-13H2,1-3H3. The smallest absolute Gasteiger partial charge is 0.250 e. The van der Waals surface area contributed by atoms with Crippen molar-refractivity contribution in [1.82, 2.24) is 9.47 Å². The summed E-state index contributed by atoms with van der Waals surface area (Å²) in [7, 11) is 1.72. The molecule has 1 fully saturated rings. The Kier molecular flexibility index (Phi) is 4.57. The number of fused-ring (bicyclic) bond motifs is 1. The molecule has 2 aliphatic heterocycles. The van der Waals surface area contributed by atoms with Crippen molar-refractivity contribution in [2.45, 2.75) is 33.2 Å². The first-order valence-corrected chi connectivity index (χ1v) is 9.68. The average Bonchev–Trinajstić information content (AvgIpc) is 3.05. The summed E-state index contributed by atoms with van der Waals surface area (Å²) in [6.45, 7) is 5.59. The second kappa shape index (κ2) is 6.93. The van der Waals surface area contributed by atoms with Crippen molar-refractivity contribution in [1.29, 1.82) is 0 Å². The van der Waals surface area contributed by atoms with Crippen molar-refractivity contribution in [3.8, 4) is 0 Å². The molecule has 1 atom stereocenters. The number of aromatic nitrogens is 1. The molecule has 2 amide bonds. The summed E-state index contributed by atoms with van der Waals surface area (Å²) in [6.07, 6.45) is 2.75. The topological polar surface area (TPSA) is 62.6 Å². The van der Waals surface area contributed by atoms with Gasteiger partial charge in [0.15, 0.2) is 0 Å². The molecule has 1 unspecified atom stereocenters. The number of rotatable bonds is 2. The van der Waals surface area contributed by atoms with Gasteiger partial charge in [0.2, 0.25) is 11.8 Å². The van der Waals surface area contributed by atoms with E-state index in [1.807, 2.05) is 43.1 Å². The molecule has 6 nitrogen and oxygen atoms in total. The predicted octanol–water partition coefficient (Wildman–Crippen LogP) is 1.94. The lowest BCUT2D eigenvalue weighted by atomic mass is 9.99. The van der Waals surface area contributed by atoms with Crippen LogP contribution in [0.25, 0.3) is 0 Å². The molecule has 2 aliphatic rings. The van der Waals surface area contributed by atoms with E-state index in [9.17, 15) is 14.4 Å². The van der Waals surface area contributed by atoms with Gasteiger partial charge in [-0.15, -0.1) is 0 Å². The van der Waals surface area contributed by atoms with Crippen LogP contribution in [0.5, 0.6) is 0 Å². The highest BCUT2D eigenvalue weighted by atomic mass is 16.2. The molecule has 1 aromatic heterocycles. The number of amides is 2. The Morgan fingerprint density at radius 3 is 2.61 bits per heavy atom. The van der Waals surface area contributed by atoms with E-state index in [0.29, 0.717) is 26.1 Å². The molecule has 0 saturated carbocycles. The lowest BCUT2D eigenvalue weighted by Gasteiger charge is -2.31. The minimum Gasteiger partial charge on any atom is -0.338 e. The van der Waals surface area contributed by atoms with Gasteiger partial charge < -0.3 is 14.4 Å². The van der Waals surface area contributed by atoms with Gasteiger partial charge in [0.25, 0.3) is 5.56 Å². The highest BCUT2D eigenvalue weighted by Gasteiger charge is 2.38. The van der Waals surface area contributed by atoms with Gasteiger partial charge in [0, 0.05) is 51.1 Å². The van der Waals surface area contributed by atoms with E-state index in [2.05, 4.69) is 0 Å². The Morgan fingerprint density at radius 2 is 1.86 bits per heavy atom. The fraction of sp³-hybridized carbons (Fsp3) is 0.409. The number of carbonyl (C=O) groups is 2. The van der Waals surface area contributed by atoms with Crippen LogP contribution in [0.2, 0.25) is 0 Å². The largest absolute Gasteiger partial charge is 0.338 e. The summed E-state index contributed by atoms with van der Waals surface area (Å²) < 4.78 is 1.55. The molecular formula is C22H25N3O3. The third-order valence-electron chi connectivity index (χ3n) is 6.01. The molecule has 0 spiro atoms. The lowest BCUT2D eigenvalue weighted by Crippen LogP contribution is -2.41. The van der Waals surface area contributed by atoms with Crippen molar-refractivity contribution < 1.29 is 9.59 Å². The van der Waals surface area contributed by atoms with Crippen LogP contribution in [-0.4, -0.2) is 34.4 Å². The van der Waals surface area contributed by atoms with Crippen LogP contribution in [0.4, 0.5) is 5.69 Å². The zero-order chi connectivity index (χ0) is 20.0. The predicted molar refractivity (Wildman–Crippen MR) is 107 cm³/mol. The maximum Gasteiger partial charge on any atom is 0.250 e. The molecule has 1 saturated heterocycles. The first-order valence-electron chi connectivity index (χ1n) is 9.68. The van der Waals surface area contributed by atoms with Crippen LogP contribution in [0.3, 0.4) is 0 Å². The van der Waals surface area contributed by atoms with E-state index in [-0.39, 0.29) is 29.7 Å². The third kappa shape index (κ3) is 3.23. The summed E-state index contributed by atoms with van der Waals surface area (Å²) >= 11 is 0. The van der Waals surface area contributed by atoms with Crippen molar-refractivity contribution in [2.75, 3.05) is 18.0 Å². The Hall–Kier alpha value is -2.89. The van der Waals surface area contributed by atoms with Crippen LogP contribution < -0.4 is 10.5 Å². The van der Waals surface area contributed by atoms with Gasteiger partial charge in [-0.2, -0.15) is 0 Å². The molecule has 146 valence electrons. The van der Waals surface area contributed by atoms with Gasteiger partial charge >= 0.3 is 0 Å². The highest BCUT2D eigenvalue weighted by molar-refractivity contribution is 6.00. The molecule has 2 aromatic rings. The van der Waals surface area contributed by atoms with Crippen molar-refractivity contribution >= 4 is 17.5 Å². The maximum atomic E-state index is 13.1. The molecule has 28 heavy (non-hydrogen) atoms. The van der Waals surface area contributed by atoms with E-state index in [0.717, 1.165) is 22.4 Å². The molecule has 1 aromatic carbocycles. The lowest BCUT2D eigenvalue weighted by molar-refractivity contribution is -0.136. The molecule has 0 N–H and O–H groups in total. The van der Waals surface area contributed by atoms with E-state index < -0.39 is 0 Å². The second-order valence-corrected chi connectivity index (χ2v) is 7.96. The van der Waals surface area contributed by atoms with Crippen molar-refractivity contribution in [3.63, 3.8) is 0 Å². The number of anilines is 1. The fourth-order valence-corrected chi connectivity index (χ4v) is 4.10. The Labute approximate surface area is 164 Å². The van der Waals surface area contributed by atoms with Crippen LogP contribution in [0, 0.1) is 19.8 Å². The number of pyridine rings is 1. The molecule has 6 heteroatoms. The summed E-state index contributed by atoms with van der Waals surface area (Å²) in [5.74, 6) is -0.288. The summed E-state index contributed by atoms with van der Waals surface area (Å²) in [4.78, 5) is 41.0. The number of hydrogen-bond donors (Lipinski definition) is 0. The molecule has 0 aliphatic carbocycles. The van der Waals surface area contributed by atoms with Crippen LogP contribution in [0.15, 0.2) is 35.3 Å². The Bertz CT molecular complexity index is 1020. The Balaban J connectivity index is 1.50. The highest BCUT2D eigenvalue weighted by Crippen LogP contribution is 2.29. The quantitative estimate of drug-likeness (QED) is 0.801. The minimum absolute atomic E-state index is 0.00130. The van der Waals surface area contributed by atoms with Crippen LogP contribution in [-0.2, 0) is 29.6 Å². The molecule has 0 radical (unpaired) electrons. The zero-order valence-electron chi connectivity index (χ0n) is 16.6. The number of hydrogen-bond acceptors (Lipinski definition) is 3. The molecular weight excluding hydrogens is 354 g/mol. The Morgan fingerprint density at radius 1 is 1.07 bits per heavy atom. The minimum atomic E-state index is -0.316. The van der Waals surface area contributed by atoms with Gasteiger partial charge in [-0.25, -0.2) is 0 Å². The van der Waals surface area contributed by atoms with Gasteiger partial charge in [-0.1, -0.05) is 6.07 Å². The first kappa shape index (κ1) is 18.5. The molecule has 4 rings (SSSR count). The molecule has 0 bridgehead atoms. The SMILES string of the molecule is Cc1ccc(N2CC(C(=O)N3CCc4cc(=O)n(C)cc4C3)CC2=O)cc1C. The zero-order valence-corrected chi connectivity index (χ0v) is 16.6. The van der Waals surface area contributed by atoms with Gasteiger partial charge in [-0.3, -0.25) is 14.4 Å². The first-order chi connectivity index (χ1) is 13.3. The van der Waals surface area contributed by atoms with E-state index in [1.54, 1.807) is 22.6 Å². The van der Waals surface area contributed by atoms with Gasteiger partial charge in [0.05, 0.1) is 5.92 Å². The van der Waals surface area contributed by atoms with Gasteiger partial charge in [-0.05, 0) is 54.7 Å². The van der Waals surface area contributed by atoms with E-state index in [4.69, 9.17) is 0 Å². The number of benzene rings is 1. The third-order valence-corrected chi connectivity index (χ3v) is 6.01. The summed E-state index contributed by atoms with van der Waals surface area (Å²) in [5.41, 5.74) is 5.19. The monoisotopic (exact) mass is 379 g/mol. The number of aryl methyl sites for hydroxylation is 3.